The molecular formula is C12H20N2OS. The van der Waals surface area contributed by atoms with E-state index in [1.165, 1.54) is 9.75 Å². The van der Waals surface area contributed by atoms with E-state index in [1.54, 1.807) is 11.3 Å². The van der Waals surface area contributed by atoms with Crippen LogP contribution in [0.3, 0.4) is 0 Å². The van der Waals surface area contributed by atoms with Crippen LogP contribution in [0, 0.1) is 6.92 Å². The summed E-state index contributed by atoms with van der Waals surface area (Å²) in [6, 6.07) is 4.26. The first kappa shape index (κ1) is 13.2. The second kappa shape index (κ2) is 6.66. The summed E-state index contributed by atoms with van der Waals surface area (Å²) >= 11 is 1.73. The van der Waals surface area contributed by atoms with E-state index in [-0.39, 0.29) is 11.9 Å². The molecule has 1 aromatic heterocycles. The Hall–Kier alpha value is -0.870. The second-order valence-corrected chi connectivity index (χ2v) is 5.23. The van der Waals surface area contributed by atoms with Gasteiger partial charge in [-0.25, -0.2) is 0 Å². The van der Waals surface area contributed by atoms with Crippen molar-refractivity contribution in [3.05, 3.63) is 21.9 Å². The Morgan fingerprint density at radius 1 is 1.50 bits per heavy atom. The molecule has 3 nitrogen and oxygen atoms in total. The Bertz CT molecular complexity index is 336. The topological polar surface area (TPSA) is 41.1 Å². The molecule has 2 N–H and O–H groups in total. The molecule has 1 unspecified atom stereocenters. The van der Waals surface area contributed by atoms with E-state index >= 15 is 0 Å². The first-order chi connectivity index (χ1) is 7.63. The van der Waals surface area contributed by atoms with Gasteiger partial charge in [0, 0.05) is 9.75 Å². The fourth-order valence-corrected chi connectivity index (χ4v) is 2.31. The molecule has 0 saturated heterocycles. The minimum absolute atomic E-state index is 0.0620. The van der Waals surface area contributed by atoms with Gasteiger partial charge in [-0.3, -0.25) is 4.79 Å². The van der Waals surface area contributed by atoms with E-state index in [0.717, 1.165) is 13.0 Å². The van der Waals surface area contributed by atoms with Crippen LogP contribution in [0.1, 0.15) is 36.1 Å². The molecule has 1 amide bonds. The maximum absolute atomic E-state index is 11.5. The van der Waals surface area contributed by atoms with Gasteiger partial charge in [0.15, 0.2) is 0 Å². The van der Waals surface area contributed by atoms with E-state index in [1.807, 2.05) is 6.92 Å². The third-order valence-electron chi connectivity index (χ3n) is 2.28. The van der Waals surface area contributed by atoms with Crippen molar-refractivity contribution in [3.8, 4) is 0 Å². The highest BCUT2D eigenvalue weighted by Gasteiger charge is 2.10. The molecule has 0 aliphatic carbocycles. The molecule has 1 aromatic rings. The van der Waals surface area contributed by atoms with E-state index in [9.17, 15) is 4.79 Å². The largest absolute Gasteiger partial charge is 0.348 e. The highest BCUT2D eigenvalue weighted by Crippen LogP contribution is 2.21. The maximum atomic E-state index is 11.5. The summed E-state index contributed by atoms with van der Waals surface area (Å²) in [7, 11) is 0. The van der Waals surface area contributed by atoms with Crippen LogP contribution in [0.25, 0.3) is 0 Å². The van der Waals surface area contributed by atoms with Crippen molar-refractivity contribution in [1.82, 2.24) is 10.6 Å². The Morgan fingerprint density at radius 2 is 2.25 bits per heavy atom. The molecule has 0 bridgehead atoms. The summed E-state index contributed by atoms with van der Waals surface area (Å²) < 4.78 is 0. The van der Waals surface area contributed by atoms with E-state index in [4.69, 9.17) is 0 Å². The number of rotatable bonds is 6. The fraction of sp³-hybridized carbons (Fsp3) is 0.583. The predicted molar refractivity (Wildman–Crippen MR) is 68.8 cm³/mol. The SMILES string of the molecule is CCCNCC(=O)NC(C)c1ccc(C)s1. The Morgan fingerprint density at radius 3 is 2.81 bits per heavy atom. The van der Waals surface area contributed by atoms with Gasteiger partial charge in [0.1, 0.15) is 0 Å². The molecule has 0 aliphatic rings. The lowest BCUT2D eigenvalue weighted by molar-refractivity contribution is -0.120. The van der Waals surface area contributed by atoms with Crippen LogP contribution in [-0.4, -0.2) is 19.0 Å². The van der Waals surface area contributed by atoms with Crippen molar-refractivity contribution >= 4 is 17.2 Å². The minimum atomic E-state index is 0.0620. The molecule has 0 radical (unpaired) electrons. The van der Waals surface area contributed by atoms with Crippen molar-refractivity contribution < 1.29 is 4.79 Å². The quantitative estimate of drug-likeness (QED) is 0.749. The molecule has 0 saturated carbocycles. The summed E-state index contributed by atoms with van der Waals surface area (Å²) in [5.74, 6) is 0.0620. The Labute approximate surface area is 101 Å². The summed E-state index contributed by atoms with van der Waals surface area (Å²) in [4.78, 5) is 14.0. The maximum Gasteiger partial charge on any atom is 0.234 e. The van der Waals surface area contributed by atoms with Gasteiger partial charge in [0.05, 0.1) is 12.6 Å². The number of thiophene rings is 1. The van der Waals surface area contributed by atoms with Crippen molar-refractivity contribution in [1.29, 1.82) is 0 Å². The molecule has 0 spiro atoms. The molecule has 0 fully saturated rings. The summed E-state index contributed by atoms with van der Waals surface area (Å²) in [5.41, 5.74) is 0. The van der Waals surface area contributed by atoms with Crippen LogP contribution >= 0.6 is 11.3 Å². The molecule has 0 aliphatic heterocycles. The summed E-state index contributed by atoms with van der Waals surface area (Å²) in [6.45, 7) is 7.47. The molecule has 1 heterocycles. The number of hydrogen-bond acceptors (Lipinski definition) is 3. The normalized spacial score (nSPS) is 12.4. The van der Waals surface area contributed by atoms with Gasteiger partial charge < -0.3 is 10.6 Å². The van der Waals surface area contributed by atoms with Crippen LogP contribution in [-0.2, 0) is 4.79 Å². The van der Waals surface area contributed by atoms with Gasteiger partial charge >= 0.3 is 0 Å². The fourth-order valence-electron chi connectivity index (χ4n) is 1.43. The van der Waals surface area contributed by atoms with Crippen molar-refractivity contribution in [2.75, 3.05) is 13.1 Å². The zero-order valence-corrected chi connectivity index (χ0v) is 11.0. The molecule has 1 rings (SSSR count). The van der Waals surface area contributed by atoms with Gasteiger partial charge in [0.2, 0.25) is 5.91 Å². The molecular weight excluding hydrogens is 220 g/mol. The lowest BCUT2D eigenvalue weighted by Crippen LogP contribution is -2.35. The van der Waals surface area contributed by atoms with Gasteiger partial charge in [-0.2, -0.15) is 0 Å². The monoisotopic (exact) mass is 240 g/mol. The number of amides is 1. The zero-order valence-electron chi connectivity index (χ0n) is 10.2. The average Bonchev–Trinajstić information content (AvgIpc) is 2.65. The van der Waals surface area contributed by atoms with Gasteiger partial charge in [-0.05, 0) is 38.9 Å². The number of carbonyl (C=O) groups excluding carboxylic acids is 1. The molecule has 4 heteroatoms. The van der Waals surface area contributed by atoms with E-state index in [0.29, 0.717) is 6.54 Å². The van der Waals surface area contributed by atoms with E-state index < -0.39 is 0 Å². The van der Waals surface area contributed by atoms with Gasteiger partial charge in [-0.1, -0.05) is 6.92 Å². The standard InChI is InChI=1S/C12H20N2OS/c1-4-7-13-8-12(15)14-10(3)11-6-5-9(2)16-11/h5-6,10,13H,4,7-8H2,1-3H3,(H,14,15). The number of nitrogens with one attached hydrogen (secondary N) is 2. The predicted octanol–water partition coefficient (Wildman–Crippen LogP) is 2.23. The number of aryl methyl sites for hydroxylation is 1. The van der Waals surface area contributed by atoms with Crippen molar-refractivity contribution in [2.45, 2.75) is 33.2 Å². The second-order valence-electron chi connectivity index (χ2n) is 3.91. The highest BCUT2D eigenvalue weighted by molar-refractivity contribution is 7.12. The first-order valence-corrected chi connectivity index (χ1v) is 6.51. The van der Waals surface area contributed by atoms with E-state index in [2.05, 4.69) is 36.6 Å². The number of hydrogen-bond donors (Lipinski definition) is 2. The van der Waals surface area contributed by atoms with Crippen LogP contribution in [0.15, 0.2) is 12.1 Å². The van der Waals surface area contributed by atoms with Crippen LogP contribution < -0.4 is 10.6 Å². The lowest BCUT2D eigenvalue weighted by Gasteiger charge is -2.12. The molecule has 90 valence electrons. The molecule has 16 heavy (non-hydrogen) atoms. The van der Waals surface area contributed by atoms with Crippen LogP contribution in [0.4, 0.5) is 0 Å². The highest BCUT2D eigenvalue weighted by atomic mass is 32.1. The lowest BCUT2D eigenvalue weighted by atomic mass is 10.2. The van der Waals surface area contributed by atoms with Crippen molar-refractivity contribution in [2.24, 2.45) is 0 Å². The Balaban J connectivity index is 2.33. The molecule has 1 atom stereocenters. The first-order valence-electron chi connectivity index (χ1n) is 5.70. The smallest absolute Gasteiger partial charge is 0.234 e. The Kier molecular flexibility index (Phi) is 5.49. The minimum Gasteiger partial charge on any atom is -0.348 e. The summed E-state index contributed by atoms with van der Waals surface area (Å²) in [5, 5.41) is 6.07. The van der Waals surface area contributed by atoms with Crippen LogP contribution in [0.5, 0.6) is 0 Å². The van der Waals surface area contributed by atoms with Crippen LogP contribution in [0.2, 0.25) is 0 Å². The molecule has 0 aromatic carbocycles. The van der Waals surface area contributed by atoms with Gasteiger partial charge in [0.25, 0.3) is 0 Å². The number of carbonyl (C=O) groups is 1. The zero-order chi connectivity index (χ0) is 12.0. The van der Waals surface area contributed by atoms with Crippen molar-refractivity contribution in [3.63, 3.8) is 0 Å². The average molecular weight is 240 g/mol. The van der Waals surface area contributed by atoms with Gasteiger partial charge in [-0.15, -0.1) is 11.3 Å². The third-order valence-corrected chi connectivity index (χ3v) is 3.46. The summed E-state index contributed by atoms with van der Waals surface area (Å²) in [6.07, 6.45) is 1.05. The third kappa shape index (κ3) is 4.33.